The average molecular weight is 329 g/mol. The van der Waals surface area contributed by atoms with Crippen LogP contribution in [-0.2, 0) is 0 Å². The second-order valence-electron chi connectivity index (χ2n) is 4.77. The molecule has 1 aromatic carbocycles. The van der Waals surface area contributed by atoms with Gasteiger partial charge in [-0.05, 0) is 24.6 Å². The maximum absolute atomic E-state index is 12.3. The number of amides is 2. The fourth-order valence-electron chi connectivity index (χ4n) is 2.15. The monoisotopic (exact) mass is 328 g/mol. The molecule has 0 aliphatic carbocycles. The molecule has 0 radical (unpaired) electrons. The number of carbonyl (C=O) groups is 2. The number of nitrogens with one attached hydrogen (secondary N) is 1. The number of benzene rings is 1. The predicted molar refractivity (Wildman–Crippen MR) is 85.5 cm³/mol. The van der Waals surface area contributed by atoms with Crippen molar-refractivity contribution in [2.24, 2.45) is 0 Å². The van der Waals surface area contributed by atoms with Crippen LogP contribution in [0.5, 0.6) is 0 Å². The number of halogens is 1. The van der Waals surface area contributed by atoms with Crippen LogP contribution in [0.2, 0.25) is 5.02 Å². The first-order chi connectivity index (χ1) is 10.0. The van der Waals surface area contributed by atoms with Crippen molar-refractivity contribution >= 4 is 41.1 Å². The molecule has 1 aliphatic heterocycles. The highest BCUT2D eigenvalue weighted by molar-refractivity contribution is 8.00. The third-order valence-electron chi connectivity index (χ3n) is 3.33. The minimum Gasteiger partial charge on any atom is -0.478 e. The Kier molecular flexibility index (Phi) is 5.36. The van der Waals surface area contributed by atoms with Crippen molar-refractivity contribution in [2.45, 2.75) is 18.6 Å². The lowest BCUT2D eigenvalue weighted by Crippen LogP contribution is -2.44. The van der Waals surface area contributed by atoms with Gasteiger partial charge in [0.2, 0.25) is 0 Å². The first-order valence-electron chi connectivity index (χ1n) is 6.71. The molecular weight excluding hydrogens is 312 g/mol. The van der Waals surface area contributed by atoms with Gasteiger partial charge in [0.05, 0.1) is 11.3 Å². The number of aromatic carboxylic acids is 1. The van der Waals surface area contributed by atoms with E-state index in [9.17, 15) is 9.59 Å². The summed E-state index contributed by atoms with van der Waals surface area (Å²) in [5.74, 6) is -0.199. The topological polar surface area (TPSA) is 69.6 Å². The van der Waals surface area contributed by atoms with Crippen molar-refractivity contribution in [1.29, 1.82) is 0 Å². The summed E-state index contributed by atoms with van der Waals surface area (Å²) in [6, 6.07) is 4.06. The summed E-state index contributed by atoms with van der Waals surface area (Å²) >= 11 is 7.74. The van der Waals surface area contributed by atoms with Crippen molar-refractivity contribution in [2.75, 3.05) is 24.2 Å². The number of anilines is 1. The molecule has 5 nitrogen and oxygen atoms in total. The molecular formula is C14H17ClN2O3S. The average Bonchev–Trinajstić information content (AvgIpc) is 2.47. The van der Waals surface area contributed by atoms with Gasteiger partial charge < -0.3 is 15.3 Å². The fourth-order valence-corrected chi connectivity index (χ4v) is 3.50. The summed E-state index contributed by atoms with van der Waals surface area (Å²) in [5, 5.41) is 12.6. The Morgan fingerprint density at radius 2 is 2.29 bits per heavy atom. The van der Waals surface area contributed by atoms with Gasteiger partial charge in [-0.1, -0.05) is 18.5 Å². The van der Waals surface area contributed by atoms with Crippen LogP contribution in [0.25, 0.3) is 0 Å². The third kappa shape index (κ3) is 4.04. The zero-order valence-electron chi connectivity index (χ0n) is 11.6. The number of carbonyl (C=O) groups excluding carboxylic acids is 1. The molecule has 7 heteroatoms. The zero-order valence-corrected chi connectivity index (χ0v) is 13.2. The van der Waals surface area contributed by atoms with Crippen LogP contribution >= 0.6 is 23.4 Å². The van der Waals surface area contributed by atoms with E-state index < -0.39 is 5.97 Å². The van der Waals surface area contributed by atoms with Crippen molar-refractivity contribution < 1.29 is 14.7 Å². The molecule has 0 saturated carbocycles. The van der Waals surface area contributed by atoms with Crippen molar-refractivity contribution in [1.82, 2.24) is 4.90 Å². The Bertz CT molecular complexity index is 553. The molecule has 1 saturated heterocycles. The Labute approximate surface area is 132 Å². The van der Waals surface area contributed by atoms with Crippen LogP contribution in [0.1, 0.15) is 23.7 Å². The molecule has 2 rings (SSSR count). The molecule has 1 aromatic rings. The lowest BCUT2D eigenvalue weighted by molar-refractivity contribution is 0.0698. The molecule has 1 aliphatic rings. The molecule has 2 N–H and O–H groups in total. The SMILES string of the molecule is CCC1CN(C(=O)Nc2cc(Cl)ccc2C(=O)O)CCS1. The van der Waals surface area contributed by atoms with Gasteiger partial charge in [0.15, 0.2) is 0 Å². The molecule has 1 unspecified atom stereocenters. The number of carboxylic acid groups (broad SMARTS) is 1. The summed E-state index contributed by atoms with van der Waals surface area (Å²) < 4.78 is 0. The summed E-state index contributed by atoms with van der Waals surface area (Å²) in [6.45, 7) is 3.44. The van der Waals surface area contributed by atoms with Crippen molar-refractivity contribution in [3.05, 3.63) is 28.8 Å². The summed E-state index contributed by atoms with van der Waals surface area (Å²) in [4.78, 5) is 25.2. The molecule has 2 amide bonds. The van der Waals surface area contributed by atoms with Gasteiger partial charge in [-0.3, -0.25) is 0 Å². The van der Waals surface area contributed by atoms with E-state index in [0.29, 0.717) is 23.4 Å². The zero-order chi connectivity index (χ0) is 15.4. The normalized spacial score (nSPS) is 18.4. The van der Waals surface area contributed by atoms with E-state index in [1.807, 2.05) is 11.8 Å². The number of rotatable bonds is 3. The Balaban J connectivity index is 2.12. The highest BCUT2D eigenvalue weighted by atomic mass is 35.5. The molecule has 1 atom stereocenters. The standard InChI is InChI=1S/C14H17ClN2O3S/c1-2-10-8-17(5-6-21-10)14(20)16-12-7-9(15)3-4-11(12)13(18)19/h3-4,7,10H,2,5-6,8H2,1H3,(H,16,20)(H,18,19). The van der Waals surface area contributed by atoms with E-state index in [1.165, 1.54) is 18.2 Å². The van der Waals surface area contributed by atoms with Crippen LogP contribution in [-0.4, -0.2) is 46.1 Å². The van der Waals surface area contributed by atoms with E-state index in [1.54, 1.807) is 4.90 Å². The quantitative estimate of drug-likeness (QED) is 0.892. The van der Waals surface area contributed by atoms with E-state index in [4.69, 9.17) is 16.7 Å². The lowest BCUT2D eigenvalue weighted by atomic mass is 10.2. The van der Waals surface area contributed by atoms with Gasteiger partial charge in [-0.15, -0.1) is 0 Å². The number of thioether (sulfide) groups is 1. The molecule has 0 aromatic heterocycles. The number of urea groups is 1. The molecule has 21 heavy (non-hydrogen) atoms. The summed E-state index contributed by atoms with van der Waals surface area (Å²) in [7, 11) is 0. The summed E-state index contributed by atoms with van der Waals surface area (Å²) in [5.41, 5.74) is 0.262. The second kappa shape index (κ2) is 7.04. The molecule has 0 bridgehead atoms. The first kappa shape index (κ1) is 16.0. The Morgan fingerprint density at radius 3 is 2.95 bits per heavy atom. The maximum Gasteiger partial charge on any atom is 0.337 e. The van der Waals surface area contributed by atoms with Gasteiger partial charge >= 0.3 is 12.0 Å². The Hall–Kier alpha value is -1.40. The highest BCUT2D eigenvalue weighted by Gasteiger charge is 2.24. The van der Waals surface area contributed by atoms with Crippen LogP contribution in [0, 0.1) is 0 Å². The second-order valence-corrected chi connectivity index (χ2v) is 6.62. The number of nitrogens with zero attached hydrogens (tertiary/aromatic N) is 1. The van der Waals surface area contributed by atoms with E-state index >= 15 is 0 Å². The van der Waals surface area contributed by atoms with E-state index in [2.05, 4.69) is 12.2 Å². The maximum atomic E-state index is 12.3. The molecule has 1 fully saturated rings. The van der Waals surface area contributed by atoms with Crippen LogP contribution in [0.4, 0.5) is 10.5 Å². The van der Waals surface area contributed by atoms with Crippen molar-refractivity contribution in [3.8, 4) is 0 Å². The van der Waals surface area contributed by atoms with Gasteiger partial charge in [-0.25, -0.2) is 9.59 Å². The molecule has 114 valence electrons. The van der Waals surface area contributed by atoms with Gasteiger partial charge in [-0.2, -0.15) is 11.8 Å². The largest absolute Gasteiger partial charge is 0.478 e. The lowest BCUT2D eigenvalue weighted by Gasteiger charge is -2.32. The number of carboxylic acids is 1. The van der Waals surface area contributed by atoms with Gasteiger partial charge in [0.1, 0.15) is 0 Å². The van der Waals surface area contributed by atoms with Gasteiger partial charge in [0.25, 0.3) is 0 Å². The summed E-state index contributed by atoms with van der Waals surface area (Å²) in [6.07, 6.45) is 1.01. The van der Waals surface area contributed by atoms with E-state index in [-0.39, 0.29) is 17.3 Å². The number of hydrogen-bond donors (Lipinski definition) is 2. The fraction of sp³-hybridized carbons (Fsp3) is 0.429. The third-order valence-corrected chi connectivity index (χ3v) is 4.94. The highest BCUT2D eigenvalue weighted by Crippen LogP contribution is 2.24. The smallest absolute Gasteiger partial charge is 0.337 e. The van der Waals surface area contributed by atoms with Crippen LogP contribution in [0.3, 0.4) is 0 Å². The first-order valence-corrected chi connectivity index (χ1v) is 8.14. The molecule has 1 heterocycles. The van der Waals surface area contributed by atoms with Crippen molar-refractivity contribution in [3.63, 3.8) is 0 Å². The minimum absolute atomic E-state index is 0.0335. The molecule has 0 spiro atoms. The van der Waals surface area contributed by atoms with Gasteiger partial charge in [0, 0.05) is 29.1 Å². The Morgan fingerprint density at radius 1 is 1.52 bits per heavy atom. The predicted octanol–water partition coefficient (Wildman–Crippen LogP) is 3.40. The van der Waals surface area contributed by atoms with Crippen LogP contribution in [0.15, 0.2) is 18.2 Å². The van der Waals surface area contributed by atoms with Crippen LogP contribution < -0.4 is 5.32 Å². The minimum atomic E-state index is -1.09. The van der Waals surface area contributed by atoms with E-state index in [0.717, 1.165) is 12.2 Å². The number of hydrogen-bond acceptors (Lipinski definition) is 3.